The fraction of sp³-hybridized carbons (Fsp3) is 0.421. The maximum Gasteiger partial charge on any atom is 0.215 e. The van der Waals surface area contributed by atoms with E-state index in [1.165, 1.54) is 22.2 Å². The van der Waals surface area contributed by atoms with E-state index in [4.69, 9.17) is 14.7 Å². The molecule has 1 aliphatic rings. The predicted octanol–water partition coefficient (Wildman–Crippen LogP) is 3.97. The van der Waals surface area contributed by atoms with Crippen LogP contribution in [0.3, 0.4) is 0 Å². The number of rotatable bonds is 6. The molecule has 0 saturated carbocycles. The van der Waals surface area contributed by atoms with Gasteiger partial charge in [-0.2, -0.15) is 0 Å². The first-order valence-corrected chi connectivity index (χ1v) is 12.3. The van der Waals surface area contributed by atoms with Crippen molar-refractivity contribution in [3.63, 3.8) is 0 Å². The Kier molecular flexibility index (Phi) is 5.79. The lowest BCUT2D eigenvalue weighted by Gasteiger charge is -2.25. The van der Waals surface area contributed by atoms with Crippen molar-refractivity contribution in [2.24, 2.45) is 0 Å². The molecule has 0 unspecified atom stereocenters. The smallest absolute Gasteiger partial charge is 0.215 e. The third-order valence-electron chi connectivity index (χ3n) is 4.84. The Morgan fingerprint density at radius 2 is 2.07 bits per heavy atom. The first kappa shape index (κ1) is 20.0. The Hall–Kier alpha value is -1.92. The molecule has 30 heavy (non-hydrogen) atoms. The molecule has 0 N–H and O–H groups in total. The van der Waals surface area contributed by atoms with Crippen LogP contribution in [-0.2, 0) is 11.3 Å². The number of fused-ring (bicyclic) bond motifs is 1. The summed E-state index contributed by atoms with van der Waals surface area (Å²) < 4.78 is 7.30. The van der Waals surface area contributed by atoms with Gasteiger partial charge >= 0.3 is 0 Å². The topological polar surface area (TPSA) is 81.9 Å². The molecule has 0 amide bonds. The van der Waals surface area contributed by atoms with Gasteiger partial charge in [0.25, 0.3) is 0 Å². The van der Waals surface area contributed by atoms with Crippen molar-refractivity contribution in [1.82, 2.24) is 35.1 Å². The molecular weight excluding hydrogens is 438 g/mol. The number of nitrogens with zero attached hydrogens (tertiary/aromatic N) is 7. The van der Waals surface area contributed by atoms with E-state index in [2.05, 4.69) is 57.2 Å². The zero-order chi connectivity index (χ0) is 20.5. The van der Waals surface area contributed by atoms with E-state index in [-0.39, 0.29) is 6.04 Å². The van der Waals surface area contributed by atoms with Gasteiger partial charge in [0.15, 0.2) is 0 Å². The SMILES string of the molecule is CC(C)n1nnnc1Sc1nc(CN2CCOCC2)nc2scc(-c3cccs3)c12. The molecule has 1 aliphatic heterocycles. The standard InChI is InChI=1S/C19H21N7OS3/c1-12(2)26-19(22-23-24-26)30-18-16-13(14-4-3-9-28-14)11-29-17(16)20-15(21-18)10-25-5-7-27-8-6-25/h3-4,9,11-12H,5-8,10H2,1-2H3. The van der Waals surface area contributed by atoms with Gasteiger partial charge in [-0.15, -0.1) is 27.8 Å². The van der Waals surface area contributed by atoms with E-state index in [1.54, 1.807) is 22.7 Å². The van der Waals surface area contributed by atoms with Gasteiger partial charge in [0.2, 0.25) is 5.16 Å². The summed E-state index contributed by atoms with van der Waals surface area (Å²) >= 11 is 4.91. The lowest BCUT2D eigenvalue weighted by Crippen LogP contribution is -2.36. The van der Waals surface area contributed by atoms with Gasteiger partial charge in [-0.3, -0.25) is 4.90 Å². The second-order valence-corrected chi connectivity index (χ2v) is 10.0. The highest BCUT2D eigenvalue weighted by atomic mass is 32.2. The minimum Gasteiger partial charge on any atom is -0.379 e. The molecule has 8 nitrogen and oxygen atoms in total. The second-order valence-electron chi connectivity index (χ2n) is 7.24. The Bertz CT molecular complexity index is 1130. The fourth-order valence-electron chi connectivity index (χ4n) is 3.33. The Morgan fingerprint density at radius 1 is 1.20 bits per heavy atom. The summed E-state index contributed by atoms with van der Waals surface area (Å²) in [7, 11) is 0. The molecule has 1 fully saturated rings. The molecule has 0 aromatic carbocycles. The minimum atomic E-state index is 0.173. The van der Waals surface area contributed by atoms with Crippen LogP contribution in [-0.4, -0.2) is 61.4 Å². The monoisotopic (exact) mass is 459 g/mol. The normalized spacial score (nSPS) is 15.4. The average Bonchev–Trinajstić information content (AvgIpc) is 3.49. The third-order valence-corrected chi connectivity index (χ3v) is 7.56. The van der Waals surface area contributed by atoms with Crippen molar-refractivity contribution in [2.75, 3.05) is 26.3 Å². The van der Waals surface area contributed by atoms with Crippen LogP contribution >= 0.6 is 34.4 Å². The van der Waals surface area contributed by atoms with Crippen LogP contribution in [0.5, 0.6) is 0 Å². The molecule has 11 heteroatoms. The van der Waals surface area contributed by atoms with E-state index in [1.807, 2.05) is 4.68 Å². The summed E-state index contributed by atoms with van der Waals surface area (Å²) in [5.74, 6) is 0.829. The number of tetrazole rings is 1. The highest BCUT2D eigenvalue weighted by molar-refractivity contribution is 7.99. The van der Waals surface area contributed by atoms with Gasteiger partial charge in [-0.1, -0.05) is 6.07 Å². The minimum absolute atomic E-state index is 0.173. The summed E-state index contributed by atoms with van der Waals surface area (Å²) in [6.45, 7) is 8.18. The first-order valence-electron chi connectivity index (χ1n) is 9.77. The average molecular weight is 460 g/mol. The molecule has 4 aromatic heterocycles. The summed E-state index contributed by atoms with van der Waals surface area (Å²) in [5, 5.41) is 19.3. The van der Waals surface area contributed by atoms with E-state index in [0.29, 0.717) is 6.54 Å². The van der Waals surface area contributed by atoms with Gasteiger partial charge in [-0.05, 0) is 47.5 Å². The molecule has 5 rings (SSSR count). The highest BCUT2D eigenvalue weighted by Crippen LogP contribution is 2.41. The Labute approximate surface area is 186 Å². The van der Waals surface area contributed by atoms with Gasteiger partial charge < -0.3 is 4.74 Å². The highest BCUT2D eigenvalue weighted by Gasteiger charge is 2.21. The van der Waals surface area contributed by atoms with Crippen molar-refractivity contribution < 1.29 is 4.74 Å². The van der Waals surface area contributed by atoms with Crippen LogP contribution in [0.4, 0.5) is 0 Å². The van der Waals surface area contributed by atoms with E-state index >= 15 is 0 Å². The van der Waals surface area contributed by atoms with E-state index < -0.39 is 0 Å². The second kappa shape index (κ2) is 8.67. The predicted molar refractivity (Wildman–Crippen MR) is 119 cm³/mol. The number of morpholine rings is 1. The molecule has 156 valence electrons. The lowest BCUT2D eigenvalue weighted by molar-refractivity contribution is 0.0330. The van der Waals surface area contributed by atoms with Crippen LogP contribution in [0.2, 0.25) is 0 Å². The molecule has 0 bridgehead atoms. The Balaban J connectivity index is 1.58. The van der Waals surface area contributed by atoms with Gasteiger partial charge in [0.1, 0.15) is 15.7 Å². The molecule has 0 atom stereocenters. The Morgan fingerprint density at radius 3 is 2.83 bits per heavy atom. The lowest BCUT2D eigenvalue weighted by atomic mass is 10.2. The van der Waals surface area contributed by atoms with Gasteiger partial charge in [-0.25, -0.2) is 14.6 Å². The maximum atomic E-state index is 5.47. The van der Waals surface area contributed by atoms with Crippen LogP contribution < -0.4 is 0 Å². The fourth-order valence-corrected chi connectivity index (χ4v) is 6.23. The van der Waals surface area contributed by atoms with E-state index in [9.17, 15) is 0 Å². The maximum absolute atomic E-state index is 5.47. The zero-order valence-electron chi connectivity index (χ0n) is 16.7. The largest absolute Gasteiger partial charge is 0.379 e. The third kappa shape index (κ3) is 4.00. The van der Waals surface area contributed by atoms with Crippen molar-refractivity contribution >= 4 is 44.7 Å². The van der Waals surface area contributed by atoms with Gasteiger partial charge in [0, 0.05) is 28.9 Å². The van der Waals surface area contributed by atoms with Crippen molar-refractivity contribution in [1.29, 1.82) is 0 Å². The molecule has 4 aromatic rings. The van der Waals surface area contributed by atoms with Crippen molar-refractivity contribution in [3.05, 3.63) is 28.7 Å². The molecular formula is C19H21N7OS3. The molecule has 5 heterocycles. The van der Waals surface area contributed by atoms with Crippen molar-refractivity contribution in [2.45, 2.75) is 36.6 Å². The number of ether oxygens (including phenoxy) is 1. The first-order chi connectivity index (χ1) is 14.7. The molecule has 0 aliphatic carbocycles. The number of aromatic nitrogens is 6. The quantitative estimate of drug-likeness (QED) is 0.401. The summed E-state index contributed by atoms with van der Waals surface area (Å²) in [4.78, 5) is 14.4. The van der Waals surface area contributed by atoms with Crippen LogP contribution in [0.15, 0.2) is 33.1 Å². The van der Waals surface area contributed by atoms with Crippen LogP contribution in [0.1, 0.15) is 25.7 Å². The van der Waals surface area contributed by atoms with E-state index in [0.717, 1.165) is 52.5 Å². The zero-order valence-corrected chi connectivity index (χ0v) is 19.1. The van der Waals surface area contributed by atoms with Gasteiger partial charge in [0.05, 0.1) is 31.2 Å². The summed E-state index contributed by atoms with van der Waals surface area (Å²) in [5.41, 5.74) is 1.17. The number of hydrogen-bond donors (Lipinski definition) is 0. The summed E-state index contributed by atoms with van der Waals surface area (Å²) in [6, 6.07) is 4.39. The van der Waals surface area contributed by atoms with Crippen molar-refractivity contribution in [3.8, 4) is 10.4 Å². The molecule has 0 spiro atoms. The number of thiophene rings is 2. The van der Waals surface area contributed by atoms with Crippen LogP contribution in [0.25, 0.3) is 20.7 Å². The molecule has 1 saturated heterocycles. The number of hydrogen-bond acceptors (Lipinski definition) is 10. The van der Waals surface area contributed by atoms with Crippen LogP contribution in [0, 0.1) is 0 Å². The summed E-state index contributed by atoms with van der Waals surface area (Å²) in [6.07, 6.45) is 0. The molecule has 0 radical (unpaired) electrons.